The number of aryl methyl sites for hydroxylation is 1. The average Bonchev–Trinajstić information content (AvgIpc) is 3.14. The van der Waals surface area contributed by atoms with E-state index in [4.69, 9.17) is 10.8 Å². The second-order valence-corrected chi connectivity index (χ2v) is 6.68. The first-order valence-electron chi connectivity index (χ1n) is 9.37. The van der Waals surface area contributed by atoms with Crippen LogP contribution < -0.4 is 5.32 Å². The Balaban J connectivity index is 1.63. The molecule has 1 aromatic heterocycles. The summed E-state index contributed by atoms with van der Waals surface area (Å²) in [6.45, 7) is 0.563. The molecule has 0 saturated carbocycles. The van der Waals surface area contributed by atoms with E-state index < -0.39 is 0 Å². The van der Waals surface area contributed by atoms with Crippen molar-refractivity contribution in [1.29, 1.82) is 10.8 Å². The number of nitrogens with one attached hydrogen (secondary N) is 4. The van der Waals surface area contributed by atoms with Crippen LogP contribution >= 0.6 is 0 Å². The summed E-state index contributed by atoms with van der Waals surface area (Å²) < 4.78 is 0. The van der Waals surface area contributed by atoms with Gasteiger partial charge >= 0.3 is 0 Å². The minimum Gasteiger partial charge on any atom is -0.361 e. The number of nitrogens with zero attached hydrogens (tertiary/aromatic N) is 1. The lowest BCUT2D eigenvalue weighted by atomic mass is 10.1. The van der Waals surface area contributed by atoms with Gasteiger partial charge in [0.2, 0.25) is 6.41 Å². The Morgan fingerprint density at radius 1 is 1.04 bits per heavy atom. The first-order chi connectivity index (χ1) is 13.7. The van der Waals surface area contributed by atoms with Crippen molar-refractivity contribution in [2.75, 3.05) is 6.54 Å². The van der Waals surface area contributed by atoms with Gasteiger partial charge in [-0.25, -0.2) is 0 Å². The molecule has 1 heterocycles. The summed E-state index contributed by atoms with van der Waals surface area (Å²) in [6, 6.07) is 18.0. The van der Waals surface area contributed by atoms with Crippen molar-refractivity contribution in [3.8, 4) is 0 Å². The van der Waals surface area contributed by atoms with Gasteiger partial charge in [0.15, 0.2) is 0 Å². The van der Waals surface area contributed by atoms with Gasteiger partial charge in [-0.2, -0.15) is 0 Å². The number of aromatic nitrogens is 1. The van der Waals surface area contributed by atoms with Gasteiger partial charge in [0.25, 0.3) is 0 Å². The Morgan fingerprint density at radius 2 is 1.79 bits per heavy atom. The van der Waals surface area contributed by atoms with Crippen LogP contribution in [0.15, 0.2) is 60.8 Å². The van der Waals surface area contributed by atoms with Crippen LogP contribution in [0.25, 0.3) is 10.9 Å². The van der Waals surface area contributed by atoms with Gasteiger partial charge in [-0.3, -0.25) is 15.6 Å². The number of carbonyl (C=O) groups is 1. The fraction of sp³-hybridized carbons (Fsp3) is 0.227. The molecule has 3 aromatic rings. The van der Waals surface area contributed by atoms with E-state index in [1.807, 2.05) is 48.7 Å². The highest BCUT2D eigenvalue weighted by Gasteiger charge is 2.16. The van der Waals surface area contributed by atoms with Crippen molar-refractivity contribution in [1.82, 2.24) is 15.2 Å². The second kappa shape index (κ2) is 9.50. The highest BCUT2D eigenvalue weighted by atomic mass is 16.1. The number of aromatic amines is 1. The van der Waals surface area contributed by atoms with E-state index in [0.29, 0.717) is 25.2 Å². The molecule has 0 bridgehead atoms. The summed E-state index contributed by atoms with van der Waals surface area (Å²) in [6.07, 6.45) is 4.86. The number of rotatable bonds is 9. The monoisotopic (exact) mass is 375 g/mol. The van der Waals surface area contributed by atoms with Crippen molar-refractivity contribution >= 4 is 29.0 Å². The maximum absolute atomic E-state index is 10.6. The predicted molar refractivity (Wildman–Crippen MR) is 113 cm³/mol. The Bertz CT molecular complexity index is 948. The van der Waals surface area contributed by atoms with Gasteiger partial charge in [0.05, 0.1) is 13.1 Å². The summed E-state index contributed by atoms with van der Waals surface area (Å²) in [5, 5.41) is 20.5. The average molecular weight is 375 g/mol. The number of amidine groups is 2. The van der Waals surface area contributed by atoms with Crippen LogP contribution in [0, 0.1) is 10.8 Å². The number of hydrogen-bond donors (Lipinski definition) is 4. The van der Waals surface area contributed by atoms with Gasteiger partial charge in [-0.1, -0.05) is 48.5 Å². The summed E-state index contributed by atoms with van der Waals surface area (Å²) in [7, 11) is 0. The molecule has 1 amide bonds. The Morgan fingerprint density at radius 3 is 2.57 bits per heavy atom. The van der Waals surface area contributed by atoms with Crippen molar-refractivity contribution < 1.29 is 4.79 Å². The lowest BCUT2D eigenvalue weighted by Crippen LogP contribution is -2.40. The third kappa shape index (κ3) is 4.85. The van der Waals surface area contributed by atoms with Crippen LogP contribution in [0.5, 0.6) is 0 Å². The molecule has 0 radical (unpaired) electrons. The van der Waals surface area contributed by atoms with E-state index >= 15 is 0 Å². The van der Waals surface area contributed by atoms with Crippen LogP contribution in [-0.4, -0.2) is 34.5 Å². The highest BCUT2D eigenvalue weighted by Crippen LogP contribution is 2.20. The Hall–Kier alpha value is -3.41. The van der Waals surface area contributed by atoms with E-state index in [1.165, 1.54) is 10.9 Å². The van der Waals surface area contributed by atoms with E-state index in [0.717, 1.165) is 23.9 Å². The normalized spacial score (nSPS) is 10.6. The highest BCUT2D eigenvalue weighted by molar-refractivity contribution is 5.99. The topological polar surface area (TPSA) is 95.8 Å². The summed E-state index contributed by atoms with van der Waals surface area (Å²) in [4.78, 5) is 15.5. The number of H-pyrrole nitrogens is 1. The molecular formula is C22H25N5O. The van der Waals surface area contributed by atoms with Crippen LogP contribution in [0.3, 0.4) is 0 Å². The zero-order chi connectivity index (χ0) is 19.8. The quantitative estimate of drug-likeness (QED) is 0.261. The number of carbonyl (C=O) groups excluding carboxylic acids is 1. The fourth-order valence-electron chi connectivity index (χ4n) is 3.27. The third-order valence-electron chi connectivity index (χ3n) is 4.72. The molecule has 0 saturated heterocycles. The molecule has 3 rings (SSSR count). The van der Waals surface area contributed by atoms with Crippen LogP contribution in [0.2, 0.25) is 0 Å². The van der Waals surface area contributed by atoms with Gasteiger partial charge in [0, 0.05) is 23.5 Å². The number of amides is 1. The molecule has 0 aliphatic rings. The minimum absolute atomic E-state index is 0.112. The van der Waals surface area contributed by atoms with Gasteiger partial charge in [0.1, 0.15) is 11.7 Å². The van der Waals surface area contributed by atoms with E-state index in [-0.39, 0.29) is 12.4 Å². The molecule has 0 fully saturated rings. The fourth-order valence-corrected chi connectivity index (χ4v) is 3.27. The number of hydrogen-bond acceptors (Lipinski definition) is 3. The molecule has 6 nitrogen and oxygen atoms in total. The largest absolute Gasteiger partial charge is 0.361 e. The Labute approximate surface area is 164 Å². The van der Waals surface area contributed by atoms with Gasteiger partial charge in [-0.15, -0.1) is 0 Å². The standard InChI is InChI=1S/C22H25N5O/c23-21(12-6-9-18-13-26-20-11-5-4-10-19(18)20)27(22(24)14-25-16-28)15-17-7-2-1-3-8-17/h1-5,7-8,10-11,13,16,23-24,26H,6,9,12,14-15H2,(H,25,28). The van der Waals surface area contributed by atoms with Crippen molar-refractivity contribution in [3.63, 3.8) is 0 Å². The van der Waals surface area contributed by atoms with E-state index in [9.17, 15) is 4.79 Å². The molecule has 0 unspecified atom stereocenters. The SMILES string of the molecule is N=C(CCCc1c[nH]c2ccccc12)N(Cc1ccccc1)C(=N)CNC=O. The molecule has 0 aliphatic heterocycles. The molecule has 0 spiro atoms. The van der Waals surface area contributed by atoms with E-state index in [2.05, 4.69) is 22.4 Å². The van der Waals surface area contributed by atoms with Crippen molar-refractivity contribution in [2.24, 2.45) is 0 Å². The molecule has 0 aliphatic carbocycles. The van der Waals surface area contributed by atoms with Crippen molar-refractivity contribution in [2.45, 2.75) is 25.8 Å². The number of para-hydroxylation sites is 1. The zero-order valence-electron chi connectivity index (χ0n) is 15.7. The molecule has 6 heteroatoms. The molecule has 4 N–H and O–H groups in total. The molecular weight excluding hydrogens is 350 g/mol. The first-order valence-corrected chi connectivity index (χ1v) is 9.37. The molecule has 0 atom stereocenters. The lowest BCUT2D eigenvalue weighted by molar-refractivity contribution is -0.109. The van der Waals surface area contributed by atoms with E-state index in [1.54, 1.807) is 4.90 Å². The molecule has 28 heavy (non-hydrogen) atoms. The van der Waals surface area contributed by atoms with Crippen molar-refractivity contribution in [3.05, 3.63) is 71.9 Å². The number of fused-ring (bicyclic) bond motifs is 1. The van der Waals surface area contributed by atoms with Gasteiger partial charge < -0.3 is 15.2 Å². The maximum atomic E-state index is 10.6. The van der Waals surface area contributed by atoms with Gasteiger partial charge in [-0.05, 0) is 30.0 Å². The zero-order valence-corrected chi connectivity index (χ0v) is 15.7. The number of benzene rings is 2. The second-order valence-electron chi connectivity index (χ2n) is 6.68. The first kappa shape index (κ1) is 19.4. The summed E-state index contributed by atoms with van der Waals surface area (Å²) in [5.74, 6) is 0.606. The molecule has 2 aromatic carbocycles. The lowest BCUT2D eigenvalue weighted by Gasteiger charge is -2.26. The Kier molecular flexibility index (Phi) is 6.57. The summed E-state index contributed by atoms with van der Waals surface area (Å²) >= 11 is 0. The third-order valence-corrected chi connectivity index (χ3v) is 4.72. The maximum Gasteiger partial charge on any atom is 0.207 e. The van der Waals surface area contributed by atoms with Crippen LogP contribution in [-0.2, 0) is 17.8 Å². The smallest absolute Gasteiger partial charge is 0.207 e. The van der Waals surface area contributed by atoms with Crippen LogP contribution in [0.1, 0.15) is 24.0 Å². The summed E-state index contributed by atoms with van der Waals surface area (Å²) in [5.41, 5.74) is 3.40. The van der Waals surface area contributed by atoms with Crippen LogP contribution in [0.4, 0.5) is 0 Å². The molecule has 144 valence electrons. The predicted octanol–water partition coefficient (Wildman–Crippen LogP) is 3.69. The minimum atomic E-state index is 0.112.